The number of hydrogen-bond acceptors (Lipinski definition) is 3. The minimum absolute atomic E-state index is 0.0494. The molecule has 2 amide bonds. The number of rotatable bonds is 7. The minimum Gasteiger partial charge on any atom is -0.495 e. The van der Waals surface area contributed by atoms with Crippen molar-refractivity contribution < 1.29 is 14.3 Å². The van der Waals surface area contributed by atoms with E-state index in [1.165, 1.54) is 6.92 Å². The Kier molecular flexibility index (Phi) is 6.57. The van der Waals surface area contributed by atoms with E-state index in [9.17, 15) is 9.59 Å². The van der Waals surface area contributed by atoms with E-state index < -0.39 is 0 Å². The van der Waals surface area contributed by atoms with Crippen LogP contribution in [0.15, 0.2) is 48.5 Å². The van der Waals surface area contributed by atoms with Crippen molar-refractivity contribution in [3.05, 3.63) is 59.7 Å². The molecule has 0 saturated carbocycles. The highest BCUT2D eigenvalue weighted by molar-refractivity contribution is 5.92. The number of anilines is 1. The van der Waals surface area contributed by atoms with E-state index in [4.69, 9.17) is 4.74 Å². The number of carbonyl (C=O) groups is 2. The van der Waals surface area contributed by atoms with E-state index in [2.05, 4.69) is 5.32 Å². The number of benzene rings is 2. The Morgan fingerprint density at radius 3 is 2.56 bits per heavy atom. The van der Waals surface area contributed by atoms with E-state index in [1.54, 1.807) is 24.1 Å². The number of hydrogen-bond donors (Lipinski definition) is 1. The summed E-state index contributed by atoms with van der Waals surface area (Å²) < 4.78 is 5.22. The molecule has 2 rings (SSSR count). The average molecular weight is 340 g/mol. The Morgan fingerprint density at radius 1 is 1.12 bits per heavy atom. The summed E-state index contributed by atoms with van der Waals surface area (Å²) in [6.45, 7) is 4.40. The van der Waals surface area contributed by atoms with Gasteiger partial charge in [0.15, 0.2) is 0 Å². The van der Waals surface area contributed by atoms with Crippen LogP contribution in [0.3, 0.4) is 0 Å². The van der Waals surface area contributed by atoms with Gasteiger partial charge in [0, 0.05) is 26.4 Å². The van der Waals surface area contributed by atoms with Gasteiger partial charge in [-0.2, -0.15) is 0 Å². The van der Waals surface area contributed by atoms with Crippen LogP contribution in [0.25, 0.3) is 0 Å². The van der Waals surface area contributed by atoms with Crippen molar-refractivity contribution in [3.8, 4) is 5.75 Å². The Morgan fingerprint density at radius 2 is 1.88 bits per heavy atom. The third kappa shape index (κ3) is 5.64. The molecule has 0 fully saturated rings. The van der Waals surface area contributed by atoms with Crippen LogP contribution in [0.1, 0.15) is 24.5 Å². The minimum atomic E-state index is -0.153. The molecule has 0 atom stereocenters. The monoisotopic (exact) mass is 340 g/mol. The molecule has 2 aromatic rings. The Hall–Kier alpha value is -2.82. The van der Waals surface area contributed by atoms with Gasteiger partial charge in [0.1, 0.15) is 5.75 Å². The van der Waals surface area contributed by atoms with Gasteiger partial charge >= 0.3 is 0 Å². The summed E-state index contributed by atoms with van der Waals surface area (Å²) in [4.78, 5) is 25.8. The quantitative estimate of drug-likeness (QED) is 0.840. The van der Waals surface area contributed by atoms with E-state index in [0.29, 0.717) is 24.5 Å². The molecule has 0 aromatic heterocycles. The zero-order valence-corrected chi connectivity index (χ0v) is 14.9. The van der Waals surface area contributed by atoms with E-state index in [-0.39, 0.29) is 18.2 Å². The summed E-state index contributed by atoms with van der Waals surface area (Å²) in [6.07, 6.45) is 0.226. The van der Waals surface area contributed by atoms with Crippen molar-refractivity contribution in [3.63, 3.8) is 0 Å². The summed E-state index contributed by atoms with van der Waals surface area (Å²) in [6, 6.07) is 15.3. The highest BCUT2D eigenvalue weighted by Gasteiger charge is 2.13. The third-order valence-electron chi connectivity index (χ3n) is 3.89. The second-order valence-electron chi connectivity index (χ2n) is 5.93. The number of methoxy groups -OCH3 is 1. The Balaban J connectivity index is 1.94. The molecule has 0 aliphatic carbocycles. The highest BCUT2D eigenvalue weighted by Crippen LogP contribution is 2.23. The van der Waals surface area contributed by atoms with Gasteiger partial charge < -0.3 is 15.0 Å². The maximum absolute atomic E-state index is 12.2. The maximum Gasteiger partial charge on any atom is 0.226 e. The predicted molar refractivity (Wildman–Crippen MR) is 98.5 cm³/mol. The van der Waals surface area contributed by atoms with Gasteiger partial charge in [-0.1, -0.05) is 42.0 Å². The van der Waals surface area contributed by atoms with E-state index in [0.717, 1.165) is 11.1 Å². The highest BCUT2D eigenvalue weighted by atomic mass is 16.5. The maximum atomic E-state index is 12.2. The molecule has 2 aromatic carbocycles. The van der Waals surface area contributed by atoms with Gasteiger partial charge in [-0.25, -0.2) is 0 Å². The molecule has 0 radical (unpaired) electrons. The summed E-state index contributed by atoms with van der Waals surface area (Å²) in [5.74, 6) is 0.408. The summed E-state index contributed by atoms with van der Waals surface area (Å²) in [7, 11) is 1.56. The van der Waals surface area contributed by atoms with E-state index >= 15 is 0 Å². The van der Waals surface area contributed by atoms with Crippen LogP contribution in [0.4, 0.5) is 5.69 Å². The lowest BCUT2D eigenvalue weighted by Crippen LogP contribution is -2.31. The first-order valence-corrected chi connectivity index (χ1v) is 8.23. The van der Waals surface area contributed by atoms with Crippen LogP contribution in [0.2, 0.25) is 0 Å². The van der Waals surface area contributed by atoms with Crippen LogP contribution >= 0.6 is 0 Å². The third-order valence-corrected chi connectivity index (χ3v) is 3.89. The first kappa shape index (κ1) is 18.5. The standard InChI is InChI=1S/C20H24N2O3/c1-15-7-6-8-17(13-15)14-22(16(2)23)12-11-20(24)21-18-9-4-5-10-19(18)25-3/h4-10,13H,11-12,14H2,1-3H3,(H,21,24). The molecule has 0 bridgehead atoms. The Bertz CT molecular complexity index is 743. The van der Waals surface area contributed by atoms with Crippen molar-refractivity contribution in [1.82, 2.24) is 4.90 Å². The lowest BCUT2D eigenvalue weighted by Gasteiger charge is -2.21. The van der Waals surface area contributed by atoms with Crippen LogP contribution < -0.4 is 10.1 Å². The fourth-order valence-corrected chi connectivity index (χ4v) is 2.58. The fraction of sp³-hybridized carbons (Fsp3) is 0.300. The van der Waals surface area contributed by atoms with Crippen LogP contribution in [0.5, 0.6) is 5.75 Å². The predicted octanol–water partition coefficient (Wildman–Crippen LogP) is 3.38. The van der Waals surface area contributed by atoms with E-state index in [1.807, 2.05) is 43.3 Å². The summed E-state index contributed by atoms with van der Waals surface area (Å²) in [5.41, 5.74) is 2.83. The molecule has 0 aliphatic heterocycles. The first-order chi connectivity index (χ1) is 12.0. The zero-order chi connectivity index (χ0) is 18.2. The molecule has 132 valence electrons. The molecular formula is C20H24N2O3. The second kappa shape index (κ2) is 8.87. The average Bonchev–Trinajstić information content (AvgIpc) is 2.59. The molecular weight excluding hydrogens is 316 g/mol. The van der Waals surface area contributed by atoms with Gasteiger partial charge in [0.05, 0.1) is 12.8 Å². The molecule has 5 nitrogen and oxygen atoms in total. The smallest absolute Gasteiger partial charge is 0.226 e. The molecule has 0 heterocycles. The number of ether oxygens (including phenoxy) is 1. The SMILES string of the molecule is COc1ccccc1NC(=O)CCN(Cc1cccc(C)c1)C(C)=O. The van der Waals surface area contributed by atoms with Gasteiger partial charge in [0.2, 0.25) is 11.8 Å². The topological polar surface area (TPSA) is 58.6 Å². The number of amides is 2. The molecule has 0 saturated heterocycles. The number of para-hydroxylation sites is 2. The largest absolute Gasteiger partial charge is 0.495 e. The first-order valence-electron chi connectivity index (χ1n) is 8.23. The van der Waals surface area contributed by atoms with Crippen molar-refractivity contribution in [2.75, 3.05) is 19.0 Å². The van der Waals surface area contributed by atoms with Crippen LogP contribution in [-0.2, 0) is 16.1 Å². The van der Waals surface area contributed by atoms with Crippen LogP contribution in [-0.4, -0.2) is 30.4 Å². The molecule has 25 heavy (non-hydrogen) atoms. The Labute approximate surface area is 148 Å². The van der Waals surface area contributed by atoms with Crippen molar-refractivity contribution in [1.29, 1.82) is 0 Å². The zero-order valence-electron chi connectivity index (χ0n) is 14.9. The number of carbonyl (C=O) groups excluding carboxylic acids is 2. The fourth-order valence-electron chi connectivity index (χ4n) is 2.58. The van der Waals surface area contributed by atoms with Gasteiger partial charge in [-0.3, -0.25) is 9.59 Å². The second-order valence-corrected chi connectivity index (χ2v) is 5.93. The lowest BCUT2D eigenvalue weighted by atomic mass is 10.1. The lowest BCUT2D eigenvalue weighted by molar-refractivity contribution is -0.129. The number of aryl methyl sites for hydroxylation is 1. The summed E-state index contributed by atoms with van der Waals surface area (Å²) in [5, 5.41) is 2.83. The number of nitrogens with one attached hydrogen (secondary N) is 1. The van der Waals surface area contributed by atoms with Crippen molar-refractivity contribution in [2.45, 2.75) is 26.8 Å². The van der Waals surface area contributed by atoms with Gasteiger partial charge in [0.25, 0.3) is 0 Å². The molecule has 0 unspecified atom stereocenters. The van der Waals surface area contributed by atoms with Crippen LogP contribution in [0, 0.1) is 6.92 Å². The molecule has 1 N–H and O–H groups in total. The van der Waals surface area contributed by atoms with Gasteiger partial charge in [-0.05, 0) is 24.6 Å². The van der Waals surface area contributed by atoms with Crippen molar-refractivity contribution >= 4 is 17.5 Å². The molecule has 0 spiro atoms. The number of nitrogens with zero attached hydrogens (tertiary/aromatic N) is 1. The normalized spacial score (nSPS) is 10.2. The molecule has 5 heteroatoms. The van der Waals surface area contributed by atoms with Gasteiger partial charge in [-0.15, -0.1) is 0 Å². The summed E-state index contributed by atoms with van der Waals surface area (Å²) >= 11 is 0. The molecule has 0 aliphatic rings. The van der Waals surface area contributed by atoms with Crippen molar-refractivity contribution in [2.24, 2.45) is 0 Å².